The van der Waals surface area contributed by atoms with Gasteiger partial charge in [0.2, 0.25) is 0 Å². The third-order valence-corrected chi connectivity index (χ3v) is 2.36. The zero-order valence-corrected chi connectivity index (χ0v) is 10.9. The van der Waals surface area contributed by atoms with E-state index in [-0.39, 0.29) is 13.2 Å². The number of methoxy groups -OCH3 is 1. The minimum absolute atomic E-state index is 0.0917. The number of carboxylic acid groups (broad SMARTS) is 1. The maximum absolute atomic E-state index is 11.5. The summed E-state index contributed by atoms with van der Waals surface area (Å²) in [5.41, 5.74) is 1.09. The zero-order chi connectivity index (χ0) is 14.3. The number of ether oxygens (including phenoxy) is 2. The van der Waals surface area contributed by atoms with Gasteiger partial charge in [-0.15, -0.1) is 0 Å². The first-order chi connectivity index (χ1) is 9.02. The molecule has 1 amide bonds. The molecule has 19 heavy (non-hydrogen) atoms. The molecule has 1 atom stereocenters. The second-order valence-corrected chi connectivity index (χ2v) is 4.02. The molecule has 2 N–H and O–H groups in total. The van der Waals surface area contributed by atoms with Gasteiger partial charge in [0, 0.05) is 7.11 Å². The van der Waals surface area contributed by atoms with Crippen molar-refractivity contribution < 1.29 is 24.2 Å². The number of carboxylic acids is 1. The van der Waals surface area contributed by atoms with Crippen molar-refractivity contribution in [1.29, 1.82) is 0 Å². The van der Waals surface area contributed by atoms with E-state index in [0.29, 0.717) is 5.75 Å². The van der Waals surface area contributed by atoms with Crippen LogP contribution in [0.2, 0.25) is 0 Å². The Labute approximate surface area is 111 Å². The summed E-state index contributed by atoms with van der Waals surface area (Å²) in [6, 6.07) is 6.13. The lowest BCUT2D eigenvalue weighted by molar-refractivity contribution is -0.143. The number of carbonyl (C=O) groups is 2. The van der Waals surface area contributed by atoms with Crippen molar-refractivity contribution in [3.05, 3.63) is 29.8 Å². The van der Waals surface area contributed by atoms with Gasteiger partial charge < -0.3 is 19.9 Å². The standard InChI is InChI=1S/C13H17NO5/c1-9-3-5-10(6-4-9)19-8-12(15)14-11(7-18-2)13(16)17/h3-6,11H,7-8H2,1-2H3,(H,14,15)(H,16,17). The van der Waals surface area contributed by atoms with Crippen LogP contribution < -0.4 is 10.1 Å². The first-order valence-electron chi connectivity index (χ1n) is 5.73. The molecule has 1 aromatic rings. The fourth-order valence-corrected chi connectivity index (χ4v) is 1.36. The molecule has 6 nitrogen and oxygen atoms in total. The van der Waals surface area contributed by atoms with Crippen molar-refractivity contribution in [2.75, 3.05) is 20.3 Å². The van der Waals surface area contributed by atoms with Crippen LogP contribution in [0.4, 0.5) is 0 Å². The molecule has 104 valence electrons. The Balaban J connectivity index is 2.42. The van der Waals surface area contributed by atoms with Crippen LogP contribution in [0, 0.1) is 6.92 Å². The summed E-state index contributed by atoms with van der Waals surface area (Å²) in [4.78, 5) is 22.3. The number of amides is 1. The third kappa shape index (κ3) is 5.39. The molecule has 0 aliphatic carbocycles. The summed E-state index contributed by atoms with van der Waals surface area (Å²) >= 11 is 0. The molecule has 1 unspecified atom stereocenters. The van der Waals surface area contributed by atoms with Crippen LogP contribution in [-0.2, 0) is 14.3 Å². The first kappa shape index (κ1) is 15.0. The van der Waals surface area contributed by atoms with Crippen molar-refractivity contribution in [3.8, 4) is 5.75 Å². The number of aliphatic carboxylic acids is 1. The van der Waals surface area contributed by atoms with E-state index >= 15 is 0 Å². The van der Waals surface area contributed by atoms with Gasteiger partial charge >= 0.3 is 5.97 Å². The van der Waals surface area contributed by atoms with Gasteiger partial charge in [-0.05, 0) is 19.1 Å². The molecule has 0 aliphatic heterocycles. The van der Waals surface area contributed by atoms with Crippen molar-refractivity contribution in [1.82, 2.24) is 5.32 Å². The predicted octanol–water partition coefficient (Wildman–Crippen LogP) is 0.590. The van der Waals surface area contributed by atoms with Gasteiger partial charge in [-0.1, -0.05) is 17.7 Å². The lowest BCUT2D eigenvalue weighted by atomic mass is 10.2. The molecule has 0 fully saturated rings. The van der Waals surface area contributed by atoms with Crippen LogP contribution in [0.3, 0.4) is 0 Å². The van der Waals surface area contributed by atoms with Crippen LogP contribution in [-0.4, -0.2) is 43.3 Å². The number of rotatable bonds is 7. The van der Waals surface area contributed by atoms with Crippen molar-refractivity contribution >= 4 is 11.9 Å². The van der Waals surface area contributed by atoms with Crippen molar-refractivity contribution in [2.45, 2.75) is 13.0 Å². The van der Waals surface area contributed by atoms with E-state index < -0.39 is 17.9 Å². The number of carbonyl (C=O) groups excluding carboxylic acids is 1. The fraction of sp³-hybridized carbons (Fsp3) is 0.385. The summed E-state index contributed by atoms with van der Waals surface area (Å²) in [6.45, 7) is 1.61. The second-order valence-electron chi connectivity index (χ2n) is 4.02. The zero-order valence-electron chi connectivity index (χ0n) is 10.9. The van der Waals surface area contributed by atoms with Gasteiger partial charge in [0.15, 0.2) is 12.6 Å². The molecule has 0 aromatic heterocycles. The van der Waals surface area contributed by atoms with Gasteiger partial charge in [-0.25, -0.2) is 4.79 Å². The minimum Gasteiger partial charge on any atom is -0.484 e. The molecule has 0 spiro atoms. The quantitative estimate of drug-likeness (QED) is 0.755. The molecular weight excluding hydrogens is 250 g/mol. The maximum atomic E-state index is 11.5. The van der Waals surface area contributed by atoms with Crippen molar-refractivity contribution in [3.63, 3.8) is 0 Å². The second kappa shape index (κ2) is 7.38. The van der Waals surface area contributed by atoms with Crippen LogP contribution in [0.25, 0.3) is 0 Å². The van der Waals surface area contributed by atoms with E-state index in [4.69, 9.17) is 14.6 Å². The smallest absolute Gasteiger partial charge is 0.328 e. The Morgan fingerprint density at radius 3 is 2.47 bits per heavy atom. The normalized spacial score (nSPS) is 11.7. The van der Waals surface area contributed by atoms with Gasteiger partial charge in [0.1, 0.15) is 5.75 Å². The fourth-order valence-electron chi connectivity index (χ4n) is 1.36. The lowest BCUT2D eigenvalue weighted by Gasteiger charge is -2.13. The van der Waals surface area contributed by atoms with Gasteiger partial charge in [0.05, 0.1) is 6.61 Å². The van der Waals surface area contributed by atoms with Crippen LogP contribution in [0.5, 0.6) is 5.75 Å². The number of aryl methyl sites for hydroxylation is 1. The highest BCUT2D eigenvalue weighted by Gasteiger charge is 2.19. The van der Waals surface area contributed by atoms with Crippen LogP contribution >= 0.6 is 0 Å². The van der Waals surface area contributed by atoms with Crippen molar-refractivity contribution in [2.24, 2.45) is 0 Å². The van der Waals surface area contributed by atoms with E-state index in [1.807, 2.05) is 19.1 Å². The summed E-state index contributed by atoms with van der Waals surface area (Å²) in [5.74, 6) is -1.10. The molecule has 0 radical (unpaired) electrons. The Morgan fingerprint density at radius 2 is 1.95 bits per heavy atom. The lowest BCUT2D eigenvalue weighted by Crippen LogP contribution is -2.45. The summed E-state index contributed by atoms with van der Waals surface area (Å²) < 4.78 is 9.94. The molecule has 0 saturated heterocycles. The first-order valence-corrected chi connectivity index (χ1v) is 5.73. The largest absolute Gasteiger partial charge is 0.484 e. The Hall–Kier alpha value is -2.08. The molecule has 0 saturated carbocycles. The Morgan fingerprint density at radius 1 is 1.32 bits per heavy atom. The SMILES string of the molecule is COCC(NC(=O)COc1ccc(C)cc1)C(=O)O. The number of hydrogen-bond donors (Lipinski definition) is 2. The molecule has 0 aliphatic rings. The highest BCUT2D eigenvalue weighted by Crippen LogP contribution is 2.10. The highest BCUT2D eigenvalue weighted by atomic mass is 16.5. The van der Waals surface area contributed by atoms with E-state index in [1.54, 1.807) is 12.1 Å². The van der Waals surface area contributed by atoms with Gasteiger partial charge in [-0.3, -0.25) is 4.79 Å². The average molecular weight is 267 g/mol. The van der Waals surface area contributed by atoms with Gasteiger partial charge in [-0.2, -0.15) is 0 Å². The summed E-state index contributed by atoms with van der Waals surface area (Å²) in [7, 11) is 1.37. The molecule has 6 heteroatoms. The Kier molecular flexibility index (Phi) is 5.81. The van der Waals surface area contributed by atoms with E-state index in [9.17, 15) is 9.59 Å². The topological polar surface area (TPSA) is 84.9 Å². The van der Waals surface area contributed by atoms with E-state index in [2.05, 4.69) is 5.32 Å². The Bertz CT molecular complexity index is 429. The van der Waals surface area contributed by atoms with E-state index in [0.717, 1.165) is 5.56 Å². The minimum atomic E-state index is -1.15. The van der Waals surface area contributed by atoms with Gasteiger partial charge in [0.25, 0.3) is 5.91 Å². The number of nitrogens with one attached hydrogen (secondary N) is 1. The van der Waals surface area contributed by atoms with E-state index in [1.165, 1.54) is 7.11 Å². The summed E-state index contributed by atoms with van der Waals surface area (Å²) in [5, 5.41) is 11.1. The third-order valence-electron chi connectivity index (χ3n) is 2.36. The predicted molar refractivity (Wildman–Crippen MR) is 68.1 cm³/mol. The number of benzene rings is 1. The molecule has 1 rings (SSSR count). The molecule has 1 aromatic carbocycles. The van der Waals surface area contributed by atoms with Crippen LogP contribution in [0.1, 0.15) is 5.56 Å². The average Bonchev–Trinajstić information content (AvgIpc) is 2.37. The summed E-state index contributed by atoms with van der Waals surface area (Å²) in [6.07, 6.45) is 0. The molecule has 0 heterocycles. The molecule has 0 bridgehead atoms. The molecular formula is C13H17NO5. The highest BCUT2D eigenvalue weighted by molar-refractivity contribution is 5.84. The number of hydrogen-bond acceptors (Lipinski definition) is 4. The maximum Gasteiger partial charge on any atom is 0.328 e. The monoisotopic (exact) mass is 267 g/mol. The van der Waals surface area contributed by atoms with Crippen LogP contribution in [0.15, 0.2) is 24.3 Å².